The van der Waals surface area contributed by atoms with Crippen LogP contribution in [0.2, 0.25) is 5.02 Å². The quantitative estimate of drug-likeness (QED) is 0.302. The van der Waals surface area contributed by atoms with Crippen molar-refractivity contribution < 1.29 is 14.0 Å². The molecule has 0 aliphatic carbocycles. The largest absolute Gasteiger partial charge is 0.477 e. The fourth-order valence-corrected chi connectivity index (χ4v) is 4.22. The SMILES string of the molecule is CNC(c1ccccc1C)C(C)(CCOc1ccn(-c2ccc(Cl)cc2F)n1)C(C)=NOC. The van der Waals surface area contributed by atoms with Gasteiger partial charge in [-0.15, -0.1) is 5.10 Å². The molecular formula is C25H30ClFN4O2. The molecule has 2 aromatic carbocycles. The molecule has 0 radical (unpaired) electrons. The summed E-state index contributed by atoms with van der Waals surface area (Å²) in [4.78, 5) is 5.11. The lowest BCUT2D eigenvalue weighted by Gasteiger charge is -2.38. The van der Waals surface area contributed by atoms with E-state index in [9.17, 15) is 4.39 Å². The molecule has 6 nitrogen and oxygen atoms in total. The molecule has 1 N–H and O–H groups in total. The average molecular weight is 473 g/mol. The van der Waals surface area contributed by atoms with Gasteiger partial charge in [-0.2, -0.15) is 0 Å². The van der Waals surface area contributed by atoms with Crippen LogP contribution in [0.5, 0.6) is 5.88 Å². The van der Waals surface area contributed by atoms with Crippen molar-refractivity contribution in [2.75, 3.05) is 20.8 Å². The van der Waals surface area contributed by atoms with Crippen molar-refractivity contribution >= 4 is 17.3 Å². The first kappa shape index (κ1) is 24.7. The molecule has 3 aromatic rings. The Hall–Kier alpha value is -2.90. The van der Waals surface area contributed by atoms with Crippen molar-refractivity contribution in [1.29, 1.82) is 0 Å². The molecule has 8 heteroatoms. The van der Waals surface area contributed by atoms with Crippen LogP contribution in [0, 0.1) is 18.2 Å². The van der Waals surface area contributed by atoms with Gasteiger partial charge >= 0.3 is 0 Å². The molecule has 0 aliphatic heterocycles. The minimum absolute atomic E-state index is 0.0121. The topological polar surface area (TPSA) is 60.7 Å². The summed E-state index contributed by atoms with van der Waals surface area (Å²) in [6.45, 7) is 6.59. The predicted molar refractivity (Wildman–Crippen MR) is 130 cm³/mol. The molecule has 0 saturated heterocycles. The molecule has 0 amide bonds. The maximum absolute atomic E-state index is 14.2. The summed E-state index contributed by atoms with van der Waals surface area (Å²) in [5.41, 5.74) is 3.14. The van der Waals surface area contributed by atoms with Gasteiger partial charge in [0.1, 0.15) is 18.6 Å². The zero-order valence-electron chi connectivity index (χ0n) is 19.6. The predicted octanol–water partition coefficient (Wildman–Crippen LogP) is 5.73. The van der Waals surface area contributed by atoms with E-state index in [0.717, 1.165) is 5.71 Å². The van der Waals surface area contributed by atoms with E-state index < -0.39 is 11.2 Å². The van der Waals surface area contributed by atoms with Crippen molar-refractivity contribution in [3.8, 4) is 11.6 Å². The van der Waals surface area contributed by atoms with Gasteiger partial charge in [-0.05, 0) is 56.6 Å². The Labute approximate surface area is 199 Å². The van der Waals surface area contributed by atoms with E-state index >= 15 is 0 Å². The van der Waals surface area contributed by atoms with E-state index in [1.54, 1.807) is 31.5 Å². The van der Waals surface area contributed by atoms with Crippen LogP contribution in [0.25, 0.3) is 5.69 Å². The van der Waals surface area contributed by atoms with Crippen LogP contribution < -0.4 is 10.1 Å². The zero-order chi connectivity index (χ0) is 24.0. The minimum Gasteiger partial charge on any atom is -0.477 e. The summed E-state index contributed by atoms with van der Waals surface area (Å²) in [6, 6.07) is 14.4. The van der Waals surface area contributed by atoms with E-state index in [4.69, 9.17) is 21.2 Å². The highest BCUT2D eigenvalue weighted by Gasteiger charge is 2.38. The summed E-state index contributed by atoms with van der Waals surface area (Å²) in [7, 11) is 3.49. The first-order valence-electron chi connectivity index (χ1n) is 10.7. The van der Waals surface area contributed by atoms with Gasteiger partial charge in [0, 0.05) is 28.7 Å². The molecule has 0 spiro atoms. The van der Waals surface area contributed by atoms with Gasteiger partial charge in [0.15, 0.2) is 0 Å². The molecule has 33 heavy (non-hydrogen) atoms. The fourth-order valence-electron chi connectivity index (χ4n) is 4.06. The highest BCUT2D eigenvalue weighted by Crippen LogP contribution is 2.39. The monoisotopic (exact) mass is 472 g/mol. The number of aromatic nitrogens is 2. The number of ether oxygens (including phenoxy) is 1. The number of hydrogen-bond acceptors (Lipinski definition) is 5. The van der Waals surface area contributed by atoms with Crippen LogP contribution in [-0.2, 0) is 4.84 Å². The lowest BCUT2D eigenvalue weighted by Crippen LogP contribution is -2.41. The molecule has 2 atom stereocenters. The Morgan fingerprint density at radius 1 is 1.27 bits per heavy atom. The number of nitrogens with one attached hydrogen (secondary N) is 1. The Balaban J connectivity index is 1.79. The van der Waals surface area contributed by atoms with Gasteiger partial charge < -0.3 is 14.9 Å². The van der Waals surface area contributed by atoms with Crippen molar-refractivity contribution in [3.63, 3.8) is 0 Å². The molecule has 1 heterocycles. The van der Waals surface area contributed by atoms with Crippen molar-refractivity contribution in [1.82, 2.24) is 15.1 Å². The highest BCUT2D eigenvalue weighted by molar-refractivity contribution is 6.30. The molecule has 0 saturated carbocycles. The maximum Gasteiger partial charge on any atom is 0.233 e. The van der Waals surface area contributed by atoms with Crippen LogP contribution in [0.1, 0.15) is 37.4 Å². The van der Waals surface area contributed by atoms with E-state index in [1.807, 2.05) is 26.1 Å². The first-order valence-corrected chi connectivity index (χ1v) is 11.1. The van der Waals surface area contributed by atoms with Gasteiger partial charge in [0.2, 0.25) is 5.88 Å². The van der Waals surface area contributed by atoms with Gasteiger partial charge in [0.05, 0.1) is 12.3 Å². The van der Waals surface area contributed by atoms with Crippen molar-refractivity contribution in [2.45, 2.75) is 33.2 Å². The van der Waals surface area contributed by atoms with Gasteiger partial charge in [-0.3, -0.25) is 0 Å². The molecule has 0 fully saturated rings. The second-order valence-corrected chi connectivity index (χ2v) is 8.58. The third-order valence-electron chi connectivity index (χ3n) is 6.07. The summed E-state index contributed by atoms with van der Waals surface area (Å²) >= 11 is 5.84. The molecule has 3 rings (SSSR count). The average Bonchev–Trinajstić information content (AvgIpc) is 3.24. The number of benzene rings is 2. The van der Waals surface area contributed by atoms with Crippen molar-refractivity contribution in [3.05, 3.63) is 76.7 Å². The first-order chi connectivity index (χ1) is 15.8. The molecule has 176 valence electrons. The Morgan fingerprint density at radius 3 is 2.70 bits per heavy atom. The lowest BCUT2D eigenvalue weighted by atomic mass is 9.72. The van der Waals surface area contributed by atoms with Crippen molar-refractivity contribution in [2.24, 2.45) is 10.6 Å². The van der Waals surface area contributed by atoms with Crippen LogP contribution >= 0.6 is 11.6 Å². The lowest BCUT2D eigenvalue weighted by molar-refractivity contribution is 0.187. The summed E-state index contributed by atoms with van der Waals surface area (Å²) in [5.74, 6) is -0.0452. The Bertz CT molecular complexity index is 1120. The van der Waals surface area contributed by atoms with E-state index in [0.29, 0.717) is 29.6 Å². The molecular weight excluding hydrogens is 443 g/mol. The van der Waals surface area contributed by atoms with Gasteiger partial charge in [-0.25, -0.2) is 9.07 Å². The number of nitrogens with zero attached hydrogens (tertiary/aromatic N) is 3. The summed E-state index contributed by atoms with van der Waals surface area (Å²) in [5, 5.41) is 12.4. The van der Waals surface area contributed by atoms with E-state index in [2.05, 4.69) is 41.6 Å². The second-order valence-electron chi connectivity index (χ2n) is 8.15. The van der Waals surface area contributed by atoms with Gasteiger partial charge in [-0.1, -0.05) is 47.9 Å². The normalized spacial score (nSPS) is 14.6. The Morgan fingerprint density at radius 2 is 2.03 bits per heavy atom. The van der Waals surface area contributed by atoms with Gasteiger partial charge in [0.25, 0.3) is 0 Å². The number of aryl methyl sites for hydroxylation is 1. The minimum atomic E-state index is -0.453. The third kappa shape index (κ3) is 5.54. The Kier molecular flexibility index (Phi) is 8.10. The molecule has 2 unspecified atom stereocenters. The van der Waals surface area contributed by atoms with Crippen LogP contribution in [0.15, 0.2) is 59.9 Å². The standard InChI is InChI=1S/C25H30ClFN4O2/c1-17-8-6-7-9-20(17)24(28-4)25(3,18(2)30-32-5)13-15-33-23-12-14-31(29-23)22-11-10-19(26)16-21(22)27/h6-12,14,16,24,28H,13,15H2,1-5H3. The van der Waals surface area contributed by atoms with E-state index in [1.165, 1.54) is 21.9 Å². The second kappa shape index (κ2) is 10.8. The van der Waals surface area contributed by atoms with E-state index in [-0.39, 0.29) is 6.04 Å². The van der Waals surface area contributed by atoms with Crippen LogP contribution in [-0.4, -0.2) is 36.3 Å². The third-order valence-corrected chi connectivity index (χ3v) is 6.31. The molecule has 0 bridgehead atoms. The number of halogens is 2. The smallest absolute Gasteiger partial charge is 0.233 e. The maximum atomic E-state index is 14.2. The number of hydrogen-bond donors (Lipinski definition) is 1. The van der Waals surface area contributed by atoms with Crippen LogP contribution in [0.3, 0.4) is 0 Å². The fraction of sp³-hybridized carbons (Fsp3) is 0.360. The summed E-state index contributed by atoms with van der Waals surface area (Å²) in [6.07, 6.45) is 2.30. The summed E-state index contributed by atoms with van der Waals surface area (Å²) < 4.78 is 21.6. The number of rotatable bonds is 10. The number of oxime groups is 1. The highest BCUT2D eigenvalue weighted by atomic mass is 35.5. The van der Waals surface area contributed by atoms with Crippen LogP contribution in [0.4, 0.5) is 4.39 Å². The zero-order valence-corrected chi connectivity index (χ0v) is 20.4. The molecule has 0 aliphatic rings. The molecule has 1 aromatic heterocycles.